The highest BCUT2D eigenvalue weighted by Crippen LogP contribution is 2.14. The molecule has 0 aliphatic carbocycles. The van der Waals surface area contributed by atoms with Crippen LogP contribution in [0, 0.1) is 6.08 Å². The van der Waals surface area contributed by atoms with Gasteiger partial charge in [-0.1, -0.05) is 12.5 Å². The van der Waals surface area contributed by atoms with Gasteiger partial charge in [-0.25, -0.2) is 0 Å². The van der Waals surface area contributed by atoms with E-state index < -0.39 is 0 Å². The standard InChI is InChI=1S/C9H15O/c1-3-8(2)7-9-5-4-6-10-9/h9H,3-6H2,1-2H3. The van der Waals surface area contributed by atoms with Gasteiger partial charge in [0, 0.05) is 6.61 Å². The summed E-state index contributed by atoms with van der Waals surface area (Å²) in [6.07, 6.45) is 7.09. The first-order valence-corrected chi connectivity index (χ1v) is 4.03. The van der Waals surface area contributed by atoms with Crippen LogP contribution < -0.4 is 0 Å². The van der Waals surface area contributed by atoms with E-state index in [2.05, 4.69) is 19.9 Å². The minimum absolute atomic E-state index is 0.306. The Morgan fingerprint density at radius 2 is 2.50 bits per heavy atom. The van der Waals surface area contributed by atoms with Crippen LogP contribution in [-0.2, 0) is 4.74 Å². The van der Waals surface area contributed by atoms with E-state index in [9.17, 15) is 0 Å². The van der Waals surface area contributed by atoms with E-state index in [1.807, 2.05) is 0 Å². The summed E-state index contributed by atoms with van der Waals surface area (Å²) in [4.78, 5) is 0. The first-order valence-electron chi connectivity index (χ1n) is 4.03. The molecule has 10 heavy (non-hydrogen) atoms. The molecule has 1 heteroatoms. The molecule has 0 aromatic heterocycles. The van der Waals surface area contributed by atoms with E-state index in [0.29, 0.717) is 6.10 Å². The van der Waals surface area contributed by atoms with E-state index >= 15 is 0 Å². The third-order valence-electron chi connectivity index (χ3n) is 1.87. The second kappa shape index (κ2) is 3.77. The highest BCUT2D eigenvalue weighted by Gasteiger charge is 2.12. The molecule has 1 atom stereocenters. The Kier molecular flexibility index (Phi) is 2.94. The Hall–Kier alpha value is -0.300. The van der Waals surface area contributed by atoms with E-state index in [0.717, 1.165) is 19.4 Å². The first kappa shape index (κ1) is 7.80. The Balaban J connectivity index is 2.34. The maximum absolute atomic E-state index is 5.39. The lowest BCUT2D eigenvalue weighted by atomic mass is 10.1. The van der Waals surface area contributed by atoms with Crippen LogP contribution in [-0.4, -0.2) is 12.7 Å². The second-order valence-electron chi connectivity index (χ2n) is 2.78. The van der Waals surface area contributed by atoms with Crippen molar-refractivity contribution in [3.63, 3.8) is 0 Å². The highest BCUT2D eigenvalue weighted by molar-refractivity contribution is 4.95. The van der Waals surface area contributed by atoms with Crippen molar-refractivity contribution in [3.8, 4) is 0 Å². The van der Waals surface area contributed by atoms with Gasteiger partial charge in [0.1, 0.15) is 0 Å². The Morgan fingerprint density at radius 3 is 3.00 bits per heavy atom. The zero-order valence-electron chi connectivity index (χ0n) is 6.81. The molecule has 57 valence electrons. The van der Waals surface area contributed by atoms with Gasteiger partial charge in [-0.15, -0.1) is 0 Å². The van der Waals surface area contributed by atoms with Crippen LogP contribution in [0.4, 0.5) is 0 Å². The zero-order chi connectivity index (χ0) is 7.40. The summed E-state index contributed by atoms with van der Waals surface area (Å²) in [6.45, 7) is 5.19. The summed E-state index contributed by atoms with van der Waals surface area (Å²) in [5, 5.41) is 0. The Bertz CT molecular complexity index is 121. The average molecular weight is 139 g/mol. The molecule has 1 unspecified atom stereocenters. The van der Waals surface area contributed by atoms with Crippen LogP contribution in [0.3, 0.4) is 0 Å². The molecule has 1 rings (SSSR count). The topological polar surface area (TPSA) is 9.23 Å². The van der Waals surface area contributed by atoms with Crippen molar-refractivity contribution in [2.45, 2.75) is 39.2 Å². The van der Waals surface area contributed by atoms with Crippen LogP contribution in [0.25, 0.3) is 0 Å². The van der Waals surface area contributed by atoms with Crippen molar-refractivity contribution in [3.05, 3.63) is 11.6 Å². The van der Waals surface area contributed by atoms with Crippen LogP contribution in [0.2, 0.25) is 0 Å². The fourth-order valence-electron chi connectivity index (χ4n) is 1.07. The molecule has 1 heterocycles. The lowest BCUT2D eigenvalue weighted by Crippen LogP contribution is -2.01. The van der Waals surface area contributed by atoms with Crippen LogP contribution in [0.15, 0.2) is 5.57 Å². The molecule has 0 spiro atoms. The molecule has 0 saturated carbocycles. The molecular weight excluding hydrogens is 124 g/mol. The molecule has 1 fully saturated rings. The number of ether oxygens (including phenoxy) is 1. The number of hydrogen-bond acceptors (Lipinski definition) is 1. The lowest BCUT2D eigenvalue weighted by Gasteiger charge is -2.02. The van der Waals surface area contributed by atoms with E-state index in [1.165, 1.54) is 12.0 Å². The molecule has 1 aliphatic heterocycles. The fourth-order valence-corrected chi connectivity index (χ4v) is 1.07. The number of hydrogen-bond donors (Lipinski definition) is 0. The molecule has 0 aromatic carbocycles. The van der Waals surface area contributed by atoms with Crippen LogP contribution >= 0.6 is 0 Å². The summed E-state index contributed by atoms with van der Waals surface area (Å²) >= 11 is 0. The van der Waals surface area contributed by atoms with Gasteiger partial charge in [0.25, 0.3) is 0 Å². The smallest absolute Gasteiger partial charge is 0.0828 e. The van der Waals surface area contributed by atoms with Crippen molar-refractivity contribution in [2.75, 3.05) is 6.61 Å². The average Bonchev–Trinajstić information content (AvgIpc) is 2.40. The molecule has 1 aliphatic rings. The molecule has 1 radical (unpaired) electrons. The van der Waals surface area contributed by atoms with Gasteiger partial charge in [0.2, 0.25) is 0 Å². The van der Waals surface area contributed by atoms with Crippen LogP contribution in [0.1, 0.15) is 33.1 Å². The maximum Gasteiger partial charge on any atom is 0.0828 e. The SMILES string of the molecule is CCC(C)=[C]C1CCCO1. The van der Waals surface area contributed by atoms with Gasteiger partial charge in [-0.2, -0.15) is 0 Å². The third-order valence-corrected chi connectivity index (χ3v) is 1.87. The zero-order valence-corrected chi connectivity index (χ0v) is 6.81. The van der Waals surface area contributed by atoms with Gasteiger partial charge < -0.3 is 4.74 Å². The summed E-state index contributed by atoms with van der Waals surface area (Å²) in [5.41, 5.74) is 1.33. The predicted octanol–water partition coefficient (Wildman–Crippen LogP) is 2.32. The molecule has 0 amide bonds. The number of allylic oxidation sites excluding steroid dienone is 1. The van der Waals surface area contributed by atoms with Crippen molar-refractivity contribution in [2.24, 2.45) is 0 Å². The molecule has 1 nitrogen and oxygen atoms in total. The molecule has 0 N–H and O–H groups in total. The largest absolute Gasteiger partial charge is 0.374 e. The lowest BCUT2D eigenvalue weighted by molar-refractivity contribution is 0.139. The van der Waals surface area contributed by atoms with E-state index in [4.69, 9.17) is 4.74 Å². The summed E-state index contributed by atoms with van der Waals surface area (Å²) < 4.78 is 5.39. The highest BCUT2D eigenvalue weighted by atomic mass is 16.5. The fraction of sp³-hybridized carbons (Fsp3) is 0.778. The summed E-state index contributed by atoms with van der Waals surface area (Å²) in [7, 11) is 0. The molecular formula is C9H15O. The molecule has 1 saturated heterocycles. The van der Waals surface area contributed by atoms with Crippen molar-refractivity contribution < 1.29 is 4.74 Å². The quantitative estimate of drug-likeness (QED) is 0.570. The van der Waals surface area contributed by atoms with Crippen molar-refractivity contribution >= 4 is 0 Å². The van der Waals surface area contributed by atoms with Crippen molar-refractivity contribution in [1.29, 1.82) is 0 Å². The molecule has 0 bridgehead atoms. The Morgan fingerprint density at radius 1 is 1.70 bits per heavy atom. The van der Waals surface area contributed by atoms with Crippen molar-refractivity contribution in [1.82, 2.24) is 0 Å². The van der Waals surface area contributed by atoms with Gasteiger partial charge >= 0.3 is 0 Å². The third kappa shape index (κ3) is 2.14. The van der Waals surface area contributed by atoms with Gasteiger partial charge in [-0.05, 0) is 32.3 Å². The first-order chi connectivity index (χ1) is 4.83. The predicted molar refractivity (Wildman–Crippen MR) is 41.7 cm³/mol. The second-order valence-corrected chi connectivity index (χ2v) is 2.78. The normalized spacial score (nSPS) is 27.4. The minimum atomic E-state index is 0.306. The van der Waals surface area contributed by atoms with Gasteiger partial charge in [0.05, 0.1) is 6.10 Å². The summed E-state index contributed by atoms with van der Waals surface area (Å²) in [6, 6.07) is 0. The van der Waals surface area contributed by atoms with Gasteiger partial charge in [-0.3, -0.25) is 0 Å². The minimum Gasteiger partial charge on any atom is -0.374 e. The van der Waals surface area contributed by atoms with E-state index in [1.54, 1.807) is 0 Å². The van der Waals surface area contributed by atoms with E-state index in [-0.39, 0.29) is 0 Å². The van der Waals surface area contributed by atoms with Crippen LogP contribution in [0.5, 0.6) is 0 Å². The maximum atomic E-state index is 5.39. The summed E-state index contributed by atoms with van der Waals surface area (Å²) in [5.74, 6) is 0. The van der Waals surface area contributed by atoms with Gasteiger partial charge in [0.15, 0.2) is 0 Å². The number of rotatable bonds is 2. The molecule has 0 aromatic rings. The Labute approximate surface area is 63.1 Å². The monoisotopic (exact) mass is 139 g/mol.